The summed E-state index contributed by atoms with van der Waals surface area (Å²) in [6.07, 6.45) is 5.45. The van der Waals surface area contributed by atoms with E-state index in [1.807, 2.05) is 30.3 Å². The summed E-state index contributed by atoms with van der Waals surface area (Å²) in [4.78, 5) is 38.0. The number of hydrogen-bond acceptors (Lipinski definition) is 9. The number of Topliss-reactive ketones (excluding diaryl/α,β-unsaturated/α-hetero) is 1. The fourth-order valence-corrected chi connectivity index (χ4v) is 6.44. The lowest BCUT2D eigenvalue weighted by atomic mass is 9.77. The Morgan fingerprint density at radius 2 is 1.76 bits per heavy atom. The number of hydrogen-bond donors (Lipinski definition) is 2. The summed E-state index contributed by atoms with van der Waals surface area (Å²) in [5.41, 5.74) is 9.02. The minimum atomic E-state index is -0.660. The van der Waals surface area contributed by atoms with Crippen LogP contribution >= 0.6 is 0 Å². The lowest BCUT2D eigenvalue weighted by Gasteiger charge is -2.28. The fraction of sp³-hybridized carbons (Fsp3) is 0.429. The Morgan fingerprint density at radius 1 is 1.00 bits per heavy atom. The van der Waals surface area contributed by atoms with Crippen molar-refractivity contribution in [3.8, 4) is 11.1 Å². The molecule has 0 bridgehead atoms. The number of benzene rings is 2. The summed E-state index contributed by atoms with van der Waals surface area (Å²) < 4.78 is 20.9. The lowest BCUT2D eigenvalue weighted by molar-refractivity contribution is -0.129. The molecule has 1 aromatic heterocycles. The Bertz CT molecular complexity index is 1580. The van der Waals surface area contributed by atoms with Crippen molar-refractivity contribution in [1.29, 1.82) is 0 Å². The number of pyridine rings is 1. The van der Waals surface area contributed by atoms with Crippen LogP contribution in [0.1, 0.15) is 43.2 Å². The van der Waals surface area contributed by atoms with E-state index < -0.39 is 11.7 Å². The normalized spacial score (nSPS) is 20.3. The number of anilines is 2. The second-order valence-electron chi connectivity index (χ2n) is 12.3. The van der Waals surface area contributed by atoms with E-state index in [9.17, 15) is 9.59 Å². The molecule has 3 aliphatic rings. The highest BCUT2D eigenvalue weighted by Gasteiger charge is 2.30. The molecule has 1 atom stereocenters. The van der Waals surface area contributed by atoms with Crippen molar-refractivity contribution in [2.24, 2.45) is 38.7 Å². The van der Waals surface area contributed by atoms with Crippen LogP contribution in [0.4, 0.5) is 15.9 Å². The number of nitrogens with two attached hydrogens (primary N) is 1. The van der Waals surface area contributed by atoms with E-state index in [2.05, 4.69) is 30.4 Å². The molecule has 0 spiro atoms. The first-order valence-electron chi connectivity index (χ1n) is 16.1. The molecule has 3 heterocycles. The standard InChI is InChI=1S/C35H40FN7O3/c36-31-18-24(3-11-30(31)27-8-12-33(38-21-27)43-13-15-46-16-14-43)17-28(19-32(44)25-4-1-23(20-37)2-5-25)35(45)41-29-9-6-26(7-10-29)34-39-22-40-42-34/h3,6-12,18,21,23,25,28H,1-2,4-5,13-17,19-20,22,37H2,(H,41,45)/t23?,25?,28-/m1/s1. The second-order valence-corrected chi connectivity index (χ2v) is 12.3. The van der Waals surface area contributed by atoms with Crippen LogP contribution in [0, 0.1) is 23.6 Å². The van der Waals surface area contributed by atoms with Crippen molar-refractivity contribution in [2.45, 2.75) is 38.5 Å². The van der Waals surface area contributed by atoms with E-state index in [-0.39, 0.29) is 30.4 Å². The first-order valence-corrected chi connectivity index (χ1v) is 16.1. The van der Waals surface area contributed by atoms with E-state index >= 15 is 4.39 Å². The highest BCUT2D eigenvalue weighted by Crippen LogP contribution is 2.32. The molecule has 11 heteroatoms. The molecule has 1 amide bonds. The Balaban J connectivity index is 1.16. The molecule has 2 aliphatic heterocycles. The molecule has 2 fully saturated rings. The maximum atomic E-state index is 15.5. The largest absolute Gasteiger partial charge is 0.378 e. The van der Waals surface area contributed by atoms with Crippen LogP contribution in [0.25, 0.3) is 11.1 Å². The smallest absolute Gasteiger partial charge is 0.228 e. The quantitative estimate of drug-likeness (QED) is 0.292. The Morgan fingerprint density at radius 3 is 2.41 bits per heavy atom. The zero-order valence-electron chi connectivity index (χ0n) is 25.9. The van der Waals surface area contributed by atoms with Gasteiger partial charge in [0.15, 0.2) is 12.5 Å². The number of nitrogens with zero attached hydrogens (tertiary/aromatic N) is 5. The number of amidine groups is 1. The van der Waals surface area contributed by atoms with Gasteiger partial charge in [-0.05, 0) is 92.6 Å². The lowest BCUT2D eigenvalue weighted by Crippen LogP contribution is -2.36. The summed E-state index contributed by atoms with van der Waals surface area (Å²) in [5, 5.41) is 10.9. The molecular weight excluding hydrogens is 585 g/mol. The number of halogens is 1. The van der Waals surface area contributed by atoms with Crippen molar-refractivity contribution in [3.05, 3.63) is 77.7 Å². The van der Waals surface area contributed by atoms with Crippen LogP contribution in [0.2, 0.25) is 0 Å². The van der Waals surface area contributed by atoms with Gasteiger partial charge in [0.1, 0.15) is 17.4 Å². The summed E-state index contributed by atoms with van der Waals surface area (Å²) in [5.74, 6) is 0.521. The highest BCUT2D eigenvalue weighted by atomic mass is 19.1. The Labute approximate surface area is 268 Å². The molecule has 1 saturated heterocycles. The number of morpholine rings is 1. The van der Waals surface area contributed by atoms with Crippen molar-refractivity contribution in [2.75, 3.05) is 49.7 Å². The van der Waals surface area contributed by atoms with E-state index in [0.29, 0.717) is 60.6 Å². The molecule has 46 heavy (non-hydrogen) atoms. The predicted octanol–water partition coefficient (Wildman–Crippen LogP) is 5.42. The van der Waals surface area contributed by atoms with Gasteiger partial charge in [-0.1, -0.05) is 12.1 Å². The van der Waals surface area contributed by atoms with E-state index in [1.54, 1.807) is 24.4 Å². The van der Waals surface area contributed by atoms with Crippen molar-refractivity contribution >= 4 is 29.0 Å². The molecule has 1 aliphatic carbocycles. The zero-order valence-corrected chi connectivity index (χ0v) is 25.9. The third kappa shape index (κ3) is 7.71. The topological polar surface area (TPSA) is 135 Å². The minimum absolute atomic E-state index is 0.0780. The van der Waals surface area contributed by atoms with Crippen molar-refractivity contribution in [1.82, 2.24) is 4.98 Å². The van der Waals surface area contributed by atoms with Gasteiger partial charge in [0.25, 0.3) is 0 Å². The maximum absolute atomic E-state index is 15.5. The molecule has 240 valence electrons. The predicted molar refractivity (Wildman–Crippen MR) is 175 cm³/mol. The monoisotopic (exact) mass is 625 g/mol. The van der Waals surface area contributed by atoms with E-state index in [4.69, 9.17) is 10.5 Å². The SMILES string of the molecule is NCC1CCC(C(=O)C[C@@H](Cc2ccc(-c3ccc(N4CCOCC4)nc3)c(F)c2)C(=O)Nc2ccc(C3=NCN=N3)cc2)CC1. The molecule has 3 N–H and O–H groups in total. The first kappa shape index (κ1) is 31.6. The van der Waals surface area contributed by atoms with E-state index in [0.717, 1.165) is 50.2 Å². The molecule has 0 radical (unpaired) electrons. The minimum Gasteiger partial charge on any atom is -0.378 e. The van der Waals surface area contributed by atoms with Crippen LogP contribution in [-0.4, -0.2) is 62.0 Å². The van der Waals surface area contributed by atoms with Gasteiger partial charge in [-0.3, -0.25) is 9.59 Å². The number of aliphatic imine (C=N–C) groups is 1. The molecule has 6 rings (SSSR count). The fourth-order valence-electron chi connectivity index (χ4n) is 6.44. The van der Waals surface area contributed by atoms with Crippen LogP contribution in [0.3, 0.4) is 0 Å². The summed E-state index contributed by atoms with van der Waals surface area (Å²) >= 11 is 0. The summed E-state index contributed by atoms with van der Waals surface area (Å²) in [6, 6.07) is 16.0. The summed E-state index contributed by atoms with van der Waals surface area (Å²) in [6.45, 7) is 3.82. The van der Waals surface area contributed by atoms with Gasteiger partial charge >= 0.3 is 0 Å². The zero-order chi connectivity index (χ0) is 31.9. The average molecular weight is 626 g/mol. The van der Waals surface area contributed by atoms with Crippen molar-refractivity contribution in [3.63, 3.8) is 0 Å². The average Bonchev–Trinajstić information content (AvgIpc) is 3.64. The third-order valence-corrected chi connectivity index (χ3v) is 9.22. The Kier molecular flexibility index (Phi) is 10.2. The molecule has 2 aromatic carbocycles. The van der Waals surface area contributed by atoms with Crippen LogP contribution in [0.5, 0.6) is 0 Å². The van der Waals surface area contributed by atoms with Crippen LogP contribution in [-0.2, 0) is 20.7 Å². The van der Waals surface area contributed by atoms with Gasteiger partial charge in [0, 0.05) is 59.9 Å². The number of azo groups is 1. The van der Waals surface area contributed by atoms with Crippen molar-refractivity contribution < 1.29 is 18.7 Å². The number of carbonyl (C=O) groups excluding carboxylic acids is 2. The number of ketones is 1. The summed E-state index contributed by atoms with van der Waals surface area (Å²) in [7, 11) is 0. The van der Waals surface area contributed by atoms with Gasteiger partial charge in [-0.15, -0.1) is 5.11 Å². The molecule has 0 unspecified atom stereocenters. The van der Waals surface area contributed by atoms with Gasteiger partial charge in [-0.25, -0.2) is 14.4 Å². The second kappa shape index (κ2) is 14.8. The Hall–Kier alpha value is -4.35. The van der Waals surface area contributed by atoms with Crippen LogP contribution in [0.15, 0.2) is 76.0 Å². The van der Waals surface area contributed by atoms with E-state index in [1.165, 1.54) is 6.07 Å². The number of ether oxygens (including phenoxy) is 1. The number of amides is 1. The first-order chi connectivity index (χ1) is 22.5. The molecule has 10 nitrogen and oxygen atoms in total. The van der Waals surface area contributed by atoms with Gasteiger partial charge in [0.2, 0.25) is 5.91 Å². The molecular formula is C35H40FN7O3. The number of nitrogens with one attached hydrogen (secondary N) is 1. The number of aromatic nitrogens is 1. The number of rotatable bonds is 11. The molecule has 3 aromatic rings. The maximum Gasteiger partial charge on any atom is 0.228 e. The molecule has 1 saturated carbocycles. The van der Waals surface area contributed by atoms with Gasteiger partial charge in [0.05, 0.1) is 13.2 Å². The third-order valence-electron chi connectivity index (χ3n) is 9.22. The number of carbonyl (C=O) groups is 2. The van der Waals surface area contributed by atoms with Gasteiger partial charge < -0.3 is 20.7 Å². The van der Waals surface area contributed by atoms with Gasteiger partial charge in [-0.2, -0.15) is 5.11 Å². The highest BCUT2D eigenvalue weighted by molar-refractivity contribution is 6.01. The van der Waals surface area contributed by atoms with Crippen LogP contribution < -0.4 is 16.0 Å².